The van der Waals surface area contributed by atoms with Crippen molar-refractivity contribution >= 4 is 18.1 Å². The number of carbonyl (C=O) groups excluding carboxylic acids is 2. The molecule has 1 aromatic rings. The van der Waals surface area contributed by atoms with Crippen LogP contribution in [0.1, 0.15) is 42.3 Å². The van der Waals surface area contributed by atoms with Gasteiger partial charge in [-0.2, -0.15) is 0 Å². The first-order valence-corrected chi connectivity index (χ1v) is 7.82. The topological polar surface area (TPSA) is 58.6 Å². The van der Waals surface area contributed by atoms with Crippen molar-refractivity contribution in [2.45, 2.75) is 39.3 Å². The summed E-state index contributed by atoms with van der Waals surface area (Å²) in [5.74, 6) is -1.07. The van der Waals surface area contributed by atoms with Gasteiger partial charge in [0.25, 0.3) is 5.91 Å². The third kappa shape index (κ3) is 4.13. The summed E-state index contributed by atoms with van der Waals surface area (Å²) in [6.45, 7) is 11.5. The second-order valence-corrected chi connectivity index (χ2v) is 6.95. The minimum absolute atomic E-state index is 0.0220. The Labute approximate surface area is 141 Å². The molecule has 5 nitrogen and oxygen atoms in total. The number of halogens is 1. The molecule has 24 heavy (non-hydrogen) atoms. The van der Waals surface area contributed by atoms with Crippen molar-refractivity contribution in [3.63, 3.8) is 0 Å². The van der Waals surface area contributed by atoms with E-state index in [9.17, 15) is 14.0 Å². The fourth-order valence-corrected chi connectivity index (χ4v) is 2.39. The van der Waals surface area contributed by atoms with Crippen molar-refractivity contribution in [2.24, 2.45) is 0 Å². The van der Waals surface area contributed by atoms with Crippen molar-refractivity contribution in [1.82, 2.24) is 10.2 Å². The highest BCUT2D eigenvalue weighted by Crippen LogP contribution is 2.19. The number of ether oxygens (including phenoxy) is 1. The molecule has 2 rings (SSSR count). The van der Waals surface area contributed by atoms with Gasteiger partial charge in [0.15, 0.2) is 0 Å². The lowest BCUT2D eigenvalue weighted by molar-refractivity contribution is 0.00530. The van der Waals surface area contributed by atoms with Crippen LogP contribution in [-0.4, -0.2) is 41.6 Å². The van der Waals surface area contributed by atoms with Gasteiger partial charge in [-0.15, -0.1) is 0 Å². The fourth-order valence-electron chi connectivity index (χ4n) is 2.39. The molecule has 0 aliphatic carbocycles. The maximum absolute atomic E-state index is 14.0. The highest BCUT2D eigenvalue weighted by molar-refractivity contribution is 5.95. The van der Waals surface area contributed by atoms with Crippen LogP contribution in [0.2, 0.25) is 0 Å². The molecule has 1 heterocycles. The number of aryl methyl sites for hydroxylation is 1. The monoisotopic (exact) mass is 334 g/mol. The summed E-state index contributed by atoms with van der Waals surface area (Å²) in [6.07, 6.45) is 1.17. The van der Waals surface area contributed by atoms with Crippen molar-refractivity contribution in [3.05, 3.63) is 41.2 Å². The summed E-state index contributed by atoms with van der Waals surface area (Å²) in [6, 6.07) is 2.59. The summed E-state index contributed by atoms with van der Waals surface area (Å²) < 4.78 is 19.2. The molecule has 1 fully saturated rings. The Morgan fingerprint density at radius 1 is 1.38 bits per heavy atom. The van der Waals surface area contributed by atoms with Gasteiger partial charge in [-0.05, 0) is 51.0 Å². The van der Waals surface area contributed by atoms with E-state index in [1.165, 1.54) is 17.0 Å². The number of nitrogens with zero attached hydrogens (tertiary/aromatic N) is 1. The smallest absolute Gasteiger partial charge is 0.410 e. The maximum atomic E-state index is 14.0. The lowest BCUT2D eigenvalue weighted by atomic mass is 10.0. The molecule has 1 N–H and O–H groups in total. The molecule has 1 aliphatic heterocycles. The first-order chi connectivity index (χ1) is 11.1. The largest absolute Gasteiger partial charge is 0.444 e. The molecule has 1 aromatic carbocycles. The van der Waals surface area contributed by atoms with E-state index < -0.39 is 23.4 Å². The van der Waals surface area contributed by atoms with Gasteiger partial charge in [-0.1, -0.05) is 12.7 Å². The molecule has 0 radical (unpaired) electrons. The molecule has 2 amide bonds. The van der Waals surface area contributed by atoms with E-state index in [-0.39, 0.29) is 11.6 Å². The summed E-state index contributed by atoms with van der Waals surface area (Å²) in [4.78, 5) is 25.6. The van der Waals surface area contributed by atoms with Crippen LogP contribution >= 0.6 is 0 Å². The Morgan fingerprint density at radius 2 is 2.00 bits per heavy atom. The maximum Gasteiger partial charge on any atom is 0.410 e. The number of amides is 2. The Balaban J connectivity index is 1.94. The number of likely N-dealkylation sites (tertiary alicyclic amines) is 1. The van der Waals surface area contributed by atoms with Crippen LogP contribution in [0.4, 0.5) is 9.18 Å². The van der Waals surface area contributed by atoms with Gasteiger partial charge in [-0.25, -0.2) is 9.18 Å². The summed E-state index contributed by atoms with van der Waals surface area (Å²) in [7, 11) is 0. The molecular formula is C18H23FN2O3. The van der Waals surface area contributed by atoms with Crippen molar-refractivity contribution < 1.29 is 18.7 Å². The van der Waals surface area contributed by atoms with Gasteiger partial charge in [0.05, 0.1) is 11.6 Å². The molecule has 0 spiro atoms. The Morgan fingerprint density at radius 3 is 2.54 bits per heavy atom. The number of hydrogen-bond acceptors (Lipinski definition) is 3. The van der Waals surface area contributed by atoms with Crippen LogP contribution in [-0.2, 0) is 4.74 Å². The van der Waals surface area contributed by atoms with Crippen LogP contribution in [0.5, 0.6) is 0 Å². The highest BCUT2D eigenvalue weighted by Gasteiger charge is 2.34. The predicted octanol–water partition coefficient (Wildman–Crippen LogP) is 3.13. The van der Waals surface area contributed by atoms with Crippen molar-refractivity contribution in [3.8, 4) is 0 Å². The molecule has 130 valence electrons. The van der Waals surface area contributed by atoms with Gasteiger partial charge < -0.3 is 15.0 Å². The third-order valence-electron chi connectivity index (χ3n) is 3.69. The summed E-state index contributed by atoms with van der Waals surface area (Å²) >= 11 is 0. The molecule has 0 atom stereocenters. The molecule has 0 unspecified atom stereocenters. The molecule has 0 bridgehead atoms. The van der Waals surface area contributed by atoms with Crippen molar-refractivity contribution in [1.29, 1.82) is 0 Å². The zero-order valence-corrected chi connectivity index (χ0v) is 14.5. The van der Waals surface area contributed by atoms with E-state index in [1.807, 2.05) is 0 Å². The van der Waals surface area contributed by atoms with E-state index in [0.717, 1.165) is 5.56 Å². The molecular weight excluding hydrogens is 311 g/mol. The quantitative estimate of drug-likeness (QED) is 0.924. The molecule has 1 aliphatic rings. The van der Waals surface area contributed by atoms with E-state index in [2.05, 4.69) is 11.9 Å². The van der Waals surface area contributed by atoms with Crippen LogP contribution in [0.3, 0.4) is 0 Å². The standard InChI is InChI=1S/C18H23FN2O3/c1-6-12-8-14(15(19)7-11(12)2)16(22)20-13-9-21(10-13)17(23)24-18(3,4)5/h6-8,13H,1,9-10H2,2-5H3,(H,20,22). The van der Waals surface area contributed by atoms with Gasteiger partial charge in [0.1, 0.15) is 11.4 Å². The highest BCUT2D eigenvalue weighted by atomic mass is 19.1. The number of nitrogens with one attached hydrogen (secondary N) is 1. The van der Waals surface area contributed by atoms with Crippen molar-refractivity contribution in [2.75, 3.05) is 13.1 Å². The Kier molecular flexibility index (Phi) is 4.96. The van der Waals surface area contributed by atoms with Crippen LogP contribution in [0, 0.1) is 12.7 Å². The van der Waals surface area contributed by atoms with E-state index in [1.54, 1.807) is 33.8 Å². The Bertz CT molecular complexity index is 674. The molecule has 0 saturated carbocycles. The van der Waals surface area contributed by atoms with Crippen LogP contribution in [0.25, 0.3) is 6.08 Å². The third-order valence-corrected chi connectivity index (χ3v) is 3.69. The first kappa shape index (κ1) is 18.0. The lowest BCUT2D eigenvalue weighted by Gasteiger charge is -2.40. The molecule has 6 heteroatoms. The van der Waals surface area contributed by atoms with Crippen LogP contribution < -0.4 is 5.32 Å². The molecule has 1 saturated heterocycles. The zero-order chi connectivity index (χ0) is 18.1. The average molecular weight is 334 g/mol. The Hall–Kier alpha value is -2.37. The SMILES string of the molecule is C=Cc1cc(C(=O)NC2CN(C(=O)OC(C)(C)C)C2)c(F)cc1C. The van der Waals surface area contributed by atoms with Gasteiger partial charge in [0.2, 0.25) is 0 Å². The van der Waals surface area contributed by atoms with Gasteiger partial charge in [-0.3, -0.25) is 4.79 Å². The number of benzene rings is 1. The second kappa shape index (κ2) is 6.63. The van der Waals surface area contributed by atoms with Gasteiger partial charge in [0, 0.05) is 13.1 Å². The van der Waals surface area contributed by atoms with E-state index in [0.29, 0.717) is 18.7 Å². The number of carbonyl (C=O) groups is 2. The second-order valence-electron chi connectivity index (χ2n) is 6.95. The van der Waals surface area contributed by atoms with Gasteiger partial charge >= 0.3 is 6.09 Å². The summed E-state index contributed by atoms with van der Waals surface area (Å²) in [5, 5.41) is 2.73. The van der Waals surface area contributed by atoms with E-state index in [4.69, 9.17) is 4.74 Å². The normalized spacial score (nSPS) is 14.8. The minimum atomic E-state index is -0.570. The van der Waals surface area contributed by atoms with Crippen LogP contribution in [0.15, 0.2) is 18.7 Å². The lowest BCUT2D eigenvalue weighted by Crippen LogP contribution is -2.61. The average Bonchev–Trinajstić information content (AvgIpc) is 2.40. The minimum Gasteiger partial charge on any atom is -0.444 e. The molecule has 0 aromatic heterocycles. The summed E-state index contributed by atoms with van der Waals surface area (Å²) in [5.41, 5.74) is 0.855. The zero-order valence-electron chi connectivity index (χ0n) is 14.5. The number of rotatable bonds is 3. The fraction of sp³-hybridized carbons (Fsp3) is 0.444. The predicted molar refractivity (Wildman–Crippen MR) is 90.3 cm³/mol. The first-order valence-electron chi connectivity index (χ1n) is 7.82. The van der Waals surface area contributed by atoms with E-state index >= 15 is 0 Å². The number of hydrogen-bond donors (Lipinski definition) is 1.